The van der Waals surface area contributed by atoms with E-state index in [1.165, 1.54) is 0 Å². The van der Waals surface area contributed by atoms with Gasteiger partial charge in [0.1, 0.15) is 11.5 Å². The fourth-order valence-electron chi connectivity index (χ4n) is 3.82. The zero-order chi connectivity index (χ0) is 25.0. The highest BCUT2D eigenvalue weighted by atomic mass is 28.4. The first-order chi connectivity index (χ1) is 16.8. The van der Waals surface area contributed by atoms with E-state index in [4.69, 9.17) is 18.9 Å². The molecule has 0 saturated heterocycles. The number of hydrogen-bond acceptors (Lipinski definition) is 7. The summed E-state index contributed by atoms with van der Waals surface area (Å²) in [6, 6.07) is 12.1. The Kier molecular flexibility index (Phi) is 7.37. The van der Waals surface area contributed by atoms with E-state index in [0.29, 0.717) is 6.61 Å². The van der Waals surface area contributed by atoms with Crippen LogP contribution >= 0.6 is 0 Å². The van der Waals surface area contributed by atoms with Gasteiger partial charge in [0.2, 0.25) is 0 Å². The number of nitrogens with zero attached hydrogens (tertiary/aromatic N) is 5. The van der Waals surface area contributed by atoms with Crippen molar-refractivity contribution in [3.05, 3.63) is 55.0 Å². The lowest BCUT2D eigenvalue weighted by atomic mass is 10.2. The van der Waals surface area contributed by atoms with Gasteiger partial charge < -0.3 is 18.8 Å². The van der Waals surface area contributed by atoms with E-state index in [1.54, 1.807) is 31.3 Å². The first kappa shape index (κ1) is 24.7. The highest BCUT2D eigenvalue weighted by molar-refractivity contribution is 6.69. The van der Waals surface area contributed by atoms with Crippen LogP contribution in [0.15, 0.2) is 55.0 Å². The Hall–Kier alpha value is -3.43. The molecule has 0 unspecified atom stereocenters. The molecule has 0 aliphatic rings. The minimum absolute atomic E-state index is 0.714. The second-order valence-electron chi connectivity index (χ2n) is 9.37. The molecule has 9 heteroatoms. The average Bonchev–Trinajstić information content (AvgIpc) is 3.28. The van der Waals surface area contributed by atoms with Crippen LogP contribution in [0, 0.1) is 0 Å². The van der Waals surface area contributed by atoms with Crippen LogP contribution in [-0.2, 0) is 11.5 Å². The smallest absolute Gasteiger partial charge is 0.183 e. The van der Waals surface area contributed by atoms with Crippen LogP contribution in [0.3, 0.4) is 0 Å². The van der Waals surface area contributed by atoms with E-state index >= 15 is 0 Å². The van der Waals surface area contributed by atoms with Gasteiger partial charge in [-0.3, -0.25) is 9.67 Å². The van der Waals surface area contributed by atoms with Crippen molar-refractivity contribution in [1.82, 2.24) is 19.7 Å². The van der Waals surface area contributed by atoms with Crippen molar-refractivity contribution in [2.75, 3.05) is 32.3 Å². The third-order valence-electron chi connectivity index (χ3n) is 5.55. The molecule has 0 amide bonds. The first-order valence-corrected chi connectivity index (χ1v) is 15.1. The summed E-state index contributed by atoms with van der Waals surface area (Å²) in [6.45, 7) is 8.10. The molecule has 0 atom stereocenters. The molecule has 8 nitrogen and oxygen atoms in total. The Bertz CT molecular complexity index is 1280. The summed E-state index contributed by atoms with van der Waals surface area (Å²) in [5, 5.41) is 4.26. The van der Waals surface area contributed by atoms with Gasteiger partial charge in [-0.05, 0) is 44.3 Å². The molecular formula is C26H33N5O3Si. The molecule has 4 rings (SSSR count). The number of aryl methyl sites for hydroxylation is 1. The monoisotopic (exact) mass is 491 g/mol. The summed E-state index contributed by atoms with van der Waals surface area (Å²) in [5.74, 6) is 1.48. The molecular weight excluding hydrogens is 458 g/mol. The van der Waals surface area contributed by atoms with E-state index in [0.717, 1.165) is 58.1 Å². The fraction of sp³-hybridized carbons (Fsp3) is 0.346. The second kappa shape index (κ2) is 10.5. The van der Waals surface area contributed by atoms with Crippen molar-refractivity contribution in [1.29, 1.82) is 0 Å². The number of aromatic nitrogens is 4. The van der Waals surface area contributed by atoms with Crippen LogP contribution in [-0.4, -0.2) is 55.4 Å². The molecule has 0 radical (unpaired) electrons. The molecule has 4 aromatic rings. The summed E-state index contributed by atoms with van der Waals surface area (Å²) in [6.07, 6.45) is 6.40. The molecule has 0 N–H and O–H groups in total. The minimum atomic E-state index is -1.57. The molecule has 2 aromatic heterocycles. The van der Waals surface area contributed by atoms with Crippen LogP contribution in [0.25, 0.3) is 22.3 Å². The Balaban J connectivity index is 1.71. The Labute approximate surface area is 207 Å². The van der Waals surface area contributed by atoms with Gasteiger partial charge in [0, 0.05) is 61.5 Å². The van der Waals surface area contributed by atoms with Crippen molar-refractivity contribution in [2.45, 2.75) is 26.1 Å². The van der Waals surface area contributed by atoms with Gasteiger partial charge in [-0.15, -0.1) is 0 Å². The second-order valence-corrected chi connectivity index (χ2v) is 13.9. The summed E-state index contributed by atoms with van der Waals surface area (Å²) in [7, 11) is 3.64. The van der Waals surface area contributed by atoms with E-state index < -0.39 is 8.32 Å². The third kappa shape index (κ3) is 6.17. The number of benzene rings is 2. The molecule has 0 saturated carbocycles. The molecule has 0 bridgehead atoms. The maximum atomic E-state index is 6.11. The van der Waals surface area contributed by atoms with Crippen LogP contribution in [0.1, 0.15) is 6.42 Å². The van der Waals surface area contributed by atoms with Crippen LogP contribution in [0.5, 0.6) is 11.5 Å². The van der Waals surface area contributed by atoms with Gasteiger partial charge in [-0.25, -0.2) is 4.98 Å². The van der Waals surface area contributed by atoms with Crippen molar-refractivity contribution < 1.29 is 13.9 Å². The van der Waals surface area contributed by atoms with Crippen molar-refractivity contribution >= 4 is 30.7 Å². The van der Waals surface area contributed by atoms with Gasteiger partial charge in [0.25, 0.3) is 0 Å². The SMILES string of the molecule is COc1cc(OC)cc(N(CCCO[Si](C)(C)C)c2ccc3ncc(-c4cnn(C)c4)nc3c2)c1. The van der Waals surface area contributed by atoms with E-state index in [9.17, 15) is 0 Å². The van der Waals surface area contributed by atoms with Crippen molar-refractivity contribution in [3.8, 4) is 22.8 Å². The van der Waals surface area contributed by atoms with Crippen molar-refractivity contribution in [3.63, 3.8) is 0 Å². The quantitative estimate of drug-likeness (QED) is 0.216. The number of hydrogen-bond donors (Lipinski definition) is 0. The van der Waals surface area contributed by atoms with Gasteiger partial charge >= 0.3 is 0 Å². The van der Waals surface area contributed by atoms with E-state index in [2.05, 4.69) is 46.8 Å². The maximum absolute atomic E-state index is 6.11. The normalized spacial score (nSPS) is 11.6. The molecule has 2 aromatic carbocycles. The molecule has 0 spiro atoms. The largest absolute Gasteiger partial charge is 0.497 e. The summed E-state index contributed by atoms with van der Waals surface area (Å²) in [4.78, 5) is 11.8. The predicted molar refractivity (Wildman–Crippen MR) is 142 cm³/mol. The van der Waals surface area contributed by atoms with Gasteiger partial charge in [-0.1, -0.05) is 0 Å². The van der Waals surface area contributed by atoms with Crippen LogP contribution in [0.2, 0.25) is 19.6 Å². The lowest BCUT2D eigenvalue weighted by Gasteiger charge is -2.27. The Morgan fingerprint density at radius 2 is 1.66 bits per heavy atom. The van der Waals surface area contributed by atoms with E-state index in [-0.39, 0.29) is 0 Å². The maximum Gasteiger partial charge on any atom is 0.183 e. The number of anilines is 2. The molecule has 0 aliphatic heterocycles. The zero-order valence-electron chi connectivity index (χ0n) is 21.3. The lowest BCUT2D eigenvalue weighted by Crippen LogP contribution is -2.27. The molecule has 0 fully saturated rings. The zero-order valence-corrected chi connectivity index (χ0v) is 22.3. The number of rotatable bonds is 10. The average molecular weight is 492 g/mol. The topological polar surface area (TPSA) is 74.5 Å². The van der Waals surface area contributed by atoms with Crippen molar-refractivity contribution in [2.24, 2.45) is 7.05 Å². The molecule has 35 heavy (non-hydrogen) atoms. The minimum Gasteiger partial charge on any atom is -0.497 e. The number of ether oxygens (including phenoxy) is 2. The van der Waals surface area contributed by atoms with E-state index in [1.807, 2.05) is 37.5 Å². The Morgan fingerprint density at radius 1 is 0.914 bits per heavy atom. The number of methoxy groups -OCH3 is 2. The third-order valence-corrected chi connectivity index (χ3v) is 6.62. The number of fused-ring (bicyclic) bond motifs is 1. The van der Waals surface area contributed by atoms with Crippen LogP contribution < -0.4 is 14.4 Å². The fourth-order valence-corrected chi connectivity index (χ4v) is 4.57. The summed E-state index contributed by atoms with van der Waals surface area (Å²) < 4.78 is 18.9. The standard InChI is InChI=1S/C26H33N5O3Si/c1-30-18-19(16-28-30)26-17-27-24-9-8-20(14-25(24)29-26)31(10-7-11-34-35(4,5)6)21-12-22(32-2)15-23(13-21)33-3/h8-9,12-18H,7,10-11H2,1-6H3. The lowest BCUT2D eigenvalue weighted by molar-refractivity contribution is 0.307. The predicted octanol–water partition coefficient (Wildman–Crippen LogP) is 5.43. The summed E-state index contributed by atoms with van der Waals surface area (Å²) in [5.41, 5.74) is 5.38. The highest BCUT2D eigenvalue weighted by Crippen LogP contribution is 2.34. The molecule has 0 aliphatic carbocycles. The van der Waals surface area contributed by atoms with Gasteiger partial charge in [-0.2, -0.15) is 5.10 Å². The Morgan fingerprint density at radius 3 is 2.29 bits per heavy atom. The van der Waals surface area contributed by atoms with Gasteiger partial charge in [0.15, 0.2) is 8.32 Å². The first-order valence-electron chi connectivity index (χ1n) is 11.7. The molecule has 2 heterocycles. The van der Waals surface area contributed by atoms with Crippen LogP contribution in [0.4, 0.5) is 11.4 Å². The highest BCUT2D eigenvalue weighted by Gasteiger charge is 2.17. The van der Waals surface area contributed by atoms with Gasteiger partial charge in [0.05, 0.1) is 43.3 Å². The molecule has 184 valence electrons. The summed E-state index contributed by atoms with van der Waals surface area (Å²) >= 11 is 0.